The fraction of sp³-hybridized carbons (Fsp3) is 0.471. The van der Waals surface area contributed by atoms with Crippen LogP contribution in [0.2, 0.25) is 0 Å². The molecule has 1 aromatic heterocycles. The summed E-state index contributed by atoms with van der Waals surface area (Å²) in [5.74, 6) is 0. The quantitative estimate of drug-likeness (QED) is 0.722. The van der Waals surface area contributed by atoms with Crippen LogP contribution in [0.25, 0.3) is 0 Å². The molecule has 0 atom stereocenters. The lowest BCUT2D eigenvalue weighted by Crippen LogP contribution is -2.22. The van der Waals surface area contributed by atoms with Gasteiger partial charge in [0.2, 0.25) is 10.0 Å². The first-order chi connectivity index (χ1) is 11.9. The zero-order valence-corrected chi connectivity index (χ0v) is 16.8. The third-order valence-electron chi connectivity index (χ3n) is 3.91. The normalized spacial score (nSPS) is 11.9. The summed E-state index contributed by atoms with van der Waals surface area (Å²) >= 11 is 1.70. The number of aromatic nitrogens is 1. The van der Waals surface area contributed by atoms with Crippen molar-refractivity contribution in [3.63, 3.8) is 0 Å². The first-order valence-electron chi connectivity index (χ1n) is 8.30. The number of hydrogen-bond donors (Lipinski definition) is 1. The third-order valence-corrected chi connectivity index (χ3v) is 6.79. The third kappa shape index (κ3) is 5.01. The lowest BCUT2D eigenvalue weighted by Gasteiger charge is -2.16. The van der Waals surface area contributed by atoms with Crippen LogP contribution in [-0.4, -0.2) is 44.9 Å². The molecule has 6 nitrogen and oxygen atoms in total. The van der Waals surface area contributed by atoms with Gasteiger partial charge in [-0.05, 0) is 31.5 Å². The lowest BCUT2D eigenvalue weighted by molar-refractivity contribution is 0.520. The molecule has 1 aromatic carbocycles. The van der Waals surface area contributed by atoms with Gasteiger partial charge in [0.25, 0.3) is 0 Å². The summed E-state index contributed by atoms with van der Waals surface area (Å²) in [5, 5.41) is 4.43. The molecule has 0 spiro atoms. The number of thiazole rings is 1. The number of nitrogens with zero attached hydrogens (tertiary/aromatic N) is 3. The summed E-state index contributed by atoms with van der Waals surface area (Å²) in [4.78, 5) is 8.21. The highest BCUT2D eigenvalue weighted by Crippen LogP contribution is 2.22. The van der Waals surface area contributed by atoms with Crippen molar-refractivity contribution in [2.24, 2.45) is 0 Å². The van der Waals surface area contributed by atoms with E-state index >= 15 is 0 Å². The summed E-state index contributed by atoms with van der Waals surface area (Å²) in [6, 6.07) is 6.99. The number of rotatable bonds is 9. The molecule has 0 saturated heterocycles. The number of anilines is 1. The largest absolute Gasteiger partial charge is 0.349 e. The Hall–Kier alpha value is -1.48. The Kier molecular flexibility index (Phi) is 6.95. The predicted octanol–water partition coefficient (Wildman–Crippen LogP) is 2.53. The van der Waals surface area contributed by atoms with Crippen molar-refractivity contribution in [1.29, 1.82) is 0 Å². The molecule has 0 aliphatic carbocycles. The maximum atomic E-state index is 12.0. The minimum absolute atomic E-state index is 0.313. The maximum absolute atomic E-state index is 12.0. The zero-order valence-electron chi connectivity index (χ0n) is 15.2. The van der Waals surface area contributed by atoms with Crippen molar-refractivity contribution < 1.29 is 8.42 Å². The highest BCUT2D eigenvalue weighted by molar-refractivity contribution is 7.89. The van der Waals surface area contributed by atoms with E-state index in [2.05, 4.69) is 29.0 Å². The van der Waals surface area contributed by atoms with Gasteiger partial charge in [0, 0.05) is 51.3 Å². The number of sulfonamides is 1. The smallest absolute Gasteiger partial charge is 0.242 e. The summed E-state index contributed by atoms with van der Waals surface area (Å²) in [5.41, 5.74) is 1.05. The first-order valence-corrected chi connectivity index (χ1v) is 10.6. The number of hydrogen-bond acceptors (Lipinski definition) is 6. The van der Waals surface area contributed by atoms with Crippen LogP contribution >= 0.6 is 11.3 Å². The molecule has 2 rings (SSSR count). The second kappa shape index (κ2) is 8.75. The van der Waals surface area contributed by atoms with Gasteiger partial charge in [-0.2, -0.15) is 0 Å². The Labute approximate surface area is 154 Å². The highest BCUT2D eigenvalue weighted by atomic mass is 32.2. The molecule has 0 bridgehead atoms. The van der Waals surface area contributed by atoms with Crippen molar-refractivity contribution in [1.82, 2.24) is 14.6 Å². The van der Waals surface area contributed by atoms with Crippen molar-refractivity contribution in [2.75, 3.05) is 32.1 Å². The second-order valence-corrected chi connectivity index (χ2v) is 9.06. The Balaban J connectivity index is 1.90. The van der Waals surface area contributed by atoms with Crippen LogP contribution < -0.4 is 10.2 Å². The Morgan fingerprint density at radius 3 is 2.28 bits per heavy atom. The summed E-state index contributed by atoms with van der Waals surface area (Å²) in [6.07, 6.45) is 1.91. The van der Waals surface area contributed by atoms with Gasteiger partial charge in [0.15, 0.2) is 5.13 Å². The zero-order chi connectivity index (χ0) is 18.4. The minimum Gasteiger partial charge on any atom is -0.349 e. The average molecular weight is 383 g/mol. The molecule has 0 unspecified atom stereocenters. The van der Waals surface area contributed by atoms with Crippen molar-refractivity contribution >= 4 is 26.5 Å². The van der Waals surface area contributed by atoms with Crippen molar-refractivity contribution in [3.05, 3.63) is 40.9 Å². The monoisotopic (exact) mass is 382 g/mol. The van der Waals surface area contributed by atoms with E-state index in [0.29, 0.717) is 11.4 Å². The molecule has 0 amide bonds. The molecule has 138 valence electrons. The van der Waals surface area contributed by atoms with E-state index in [1.807, 2.05) is 18.3 Å². The van der Waals surface area contributed by atoms with Crippen molar-refractivity contribution in [3.8, 4) is 0 Å². The average Bonchev–Trinajstić information content (AvgIpc) is 3.05. The fourth-order valence-electron chi connectivity index (χ4n) is 2.34. The summed E-state index contributed by atoms with van der Waals surface area (Å²) in [6.45, 7) is 7.60. The summed E-state index contributed by atoms with van der Waals surface area (Å²) in [7, 11) is -0.298. The molecule has 25 heavy (non-hydrogen) atoms. The van der Waals surface area contributed by atoms with Crippen molar-refractivity contribution in [2.45, 2.75) is 31.8 Å². The molecule has 0 saturated carbocycles. The maximum Gasteiger partial charge on any atom is 0.242 e. The lowest BCUT2D eigenvalue weighted by atomic mass is 10.2. The van der Waals surface area contributed by atoms with Gasteiger partial charge in [-0.3, -0.25) is 0 Å². The molecule has 1 heterocycles. The molecule has 0 fully saturated rings. The molecule has 8 heteroatoms. The van der Waals surface area contributed by atoms with E-state index in [-0.39, 0.29) is 0 Å². The van der Waals surface area contributed by atoms with Crippen LogP contribution in [0.5, 0.6) is 0 Å². The fourth-order valence-corrected chi connectivity index (χ4v) is 4.25. The molecular formula is C17H26N4O2S2. The van der Waals surface area contributed by atoms with Gasteiger partial charge < -0.3 is 10.2 Å². The molecular weight excluding hydrogens is 356 g/mol. The van der Waals surface area contributed by atoms with E-state index in [0.717, 1.165) is 30.3 Å². The minimum atomic E-state index is -3.37. The van der Waals surface area contributed by atoms with Gasteiger partial charge >= 0.3 is 0 Å². The molecule has 0 aliphatic rings. The standard InChI is InChI=1S/C17H26N4O2S2/c1-5-21(6-2)17-19-13-15(24-17)12-18-11-14-7-9-16(10-8-14)25(22,23)20(3)4/h7-10,13,18H,5-6,11-12H2,1-4H3. The van der Waals surface area contributed by atoms with E-state index in [4.69, 9.17) is 0 Å². The van der Waals surface area contributed by atoms with Crippen LogP contribution in [0.4, 0.5) is 5.13 Å². The topological polar surface area (TPSA) is 65.5 Å². The van der Waals surface area contributed by atoms with Gasteiger partial charge in [-0.15, -0.1) is 11.3 Å². The van der Waals surface area contributed by atoms with E-state index in [1.54, 1.807) is 23.5 Å². The second-order valence-electron chi connectivity index (χ2n) is 5.82. The highest BCUT2D eigenvalue weighted by Gasteiger charge is 2.16. The Morgan fingerprint density at radius 1 is 1.08 bits per heavy atom. The van der Waals surface area contributed by atoms with Crippen LogP contribution in [0, 0.1) is 0 Å². The SMILES string of the molecule is CCN(CC)c1ncc(CNCc2ccc(S(=O)(=O)N(C)C)cc2)s1. The molecule has 2 aromatic rings. The van der Waals surface area contributed by atoms with E-state index < -0.39 is 10.0 Å². The predicted molar refractivity (Wildman–Crippen MR) is 104 cm³/mol. The van der Waals surface area contributed by atoms with E-state index in [1.165, 1.54) is 23.3 Å². The Bertz CT molecular complexity index is 766. The molecule has 0 radical (unpaired) electrons. The van der Waals surface area contributed by atoms with Crippen LogP contribution in [0.15, 0.2) is 35.4 Å². The first kappa shape index (κ1) is 19.8. The van der Waals surface area contributed by atoms with Crippen LogP contribution in [0.3, 0.4) is 0 Å². The molecule has 0 aliphatic heterocycles. The van der Waals surface area contributed by atoms with Gasteiger partial charge in [0.05, 0.1) is 4.90 Å². The molecule has 1 N–H and O–H groups in total. The number of nitrogens with one attached hydrogen (secondary N) is 1. The Morgan fingerprint density at radius 2 is 1.72 bits per heavy atom. The van der Waals surface area contributed by atoms with Gasteiger partial charge in [-0.1, -0.05) is 12.1 Å². The van der Waals surface area contributed by atoms with Gasteiger partial charge in [0.1, 0.15) is 0 Å². The van der Waals surface area contributed by atoms with E-state index in [9.17, 15) is 8.42 Å². The summed E-state index contributed by atoms with van der Waals surface area (Å²) < 4.78 is 25.3. The van der Waals surface area contributed by atoms with Crippen LogP contribution in [-0.2, 0) is 23.1 Å². The number of benzene rings is 1. The van der Waals surface area contributed by atoms with Crippen LogP contribution in [0.1, 0.15) is 24.3 Å². The van der Waals surface area contributed by atoms with Gasteiger partial charge in [-0.25, -0.2) is 17.7 Å².